The van der Waals surface area contributed by atoms with Crippen LogP contribution in [0.2, 0.25) is 0 Å². The minimum absolute atomic E-state index is 0.946. The lowest BCUT2D eigenvalue weighted by Gasteiger charge is -2.38. The van der Waals surface area contributed by atoms with E-state index in [1.54, 1.807) is 0 Å². The van der Waals surface area contributed by atoms with Crippen molar-refractivity contribution in [3.63, 3.8) is 0 Å². The molecule has 2 rings (SSSR count). The van der Waals surface area contributed by atoms with Gasteiger partial charge >= 0.3 is 0 Å². The van der Waals surface area contributed by atoms with Gasteiger partial charge in [-0.25, -0.2) is 0 Å². The van der Waals surface area contributed by atoms with Gasteiger partial charge in [0.05, 0.1) is 0 Å². The molecule has 1 saturated heterocycles. The second-order valence-corrected chi connectivity index (χ2v) is 3.97. The molecule has 0 radical (unpaired) electrons. The molecule has 1 unspecified atom stereocenters. The number of rotatable bonds is 0. The van der Waals surface area contributed by atoms with Crippen molar-refractivity contribution in [2.24, 2.45) is 17.8 Å². The van der Waals surface area contributed by atoms with Crippen LogP contribution in [0.4, 0.5) is 0 Å². The van der Waals surface area contributed by atoms with Crippen LogP contribution in [0.1, 0.15) is 26.2 Å². The zero-order chi connectivity index (χ0) is 6.97. The van der Waals surface area contributed by atoms with Crippen molar-refractivity contribution in [2.75, 3.05) is 13.1 Å². The molecule has 1 saturated carbocycles. The summed E-state index contributed by atoms with van der Waals surface area (Å²) in [4.78, 5) is 0. The smallest absolute Gasteiger partial charge is 0.00204 e. The lowest BCUT2D eigenvalue weighted by atomic mass is 9.67. The van der Waals surface area contributed by atoms with E-state index in [1.807, 2.05) is 0 Å². The van der Waals surface area contributed by atoms with Crippen molar-refractivity contribution in [2.45, 2.75) is 26.2 Å². The molecule has 1 aliphatic carbocycles. The van der Waals surface area contributed by atoms with Gasteiger partial charge in [-0.1, -0.05) is 6.92 Å². The summed E-state index contributed by atoms with van der Waals surface area (Å²) < 4.78 is 0. The molecule has 1 N–H and O–H groups in total. The van der Waals surface area contributed by atoms with Crippen LogP contribution in [-0.4, -0.2) is 13.1 Å². The molecule has 0 spiro atoms. The molecular formula is C9H17N. The van der Waals surface area contributed by atoms with Crippen LogP contribution >= 0.6 is 0 Å². The van der Waals surface area contributed by atoms with Crippen LogP contribution < -0.4 is 5.32 Å². The molecule has 2 fully saturated rings. The van der Waals surface area contributed by atoms with E-state index < -0.39 is 0 Å². The van der Waals surface area contributed by atoms with E-state index in [1.165, 1.54) is 32.4 Å². The maximum Gasteiger partial charge on any atom is -0.00204 e. The highest BCUT2D eigenvalue weighted by atomic mass is 14.9. The normalized spacial score (nSPS) is 47.1. The summed E-state index contributed by atoms with van der Waals surface area (Å²) in [6.07, 6.45) is 4.46. The Hall–Kier alpha value is -0.0400. The van der Waals surface area contributed by atoms with Gasteiger partial charge in [0.25, 0.3) is 0 Å². The van der Waals surface area contributed by atoms with Crippen LogP contribution in [0.25, 0.3) is 0 Å². The molecule has 1 aliphatic heterocycles. The Morgan fingerprint density at radius 1 is 1.20 bits per heavy atom. The van der Waals surface area contributed by atoms with E-state index in [-0.39, 0.29) is 0 Å². The van der Waals surface area contributed by atoms with Crippen molar-refractivity contribution in [3.05, 3.63) is 0 Å². The van der Waals surface area contributed by atoms with Crippen molar-refractivity contribution in [1.29, 1.82) is 0 Å². The largest absolute Gasteiger partial charge is 0.316 e. The summed E-state index contributed by atoms with van der Waals surface area (Å²) in [6, 6.07) is 0. The number of nitrogens with one attached hydrogen (secondary N) is 1. The van der Waals surface area contributed by atoms with E-state index >= 15 is 0 Å². The third-order valence-corrected chi connectivity index (χ3v) is 3.37. The SMILES string of the molecule is C[C@H]1CNCCC2CC[C@H]21. The second-order valence-electron chi connectivity index (χ2n) is 3.97. The lowest BCUT2D eigenvalue weighted by Crippen LogP contribution is -2.31. The standard InChI is InChI=1S/C9H17N/c1-7-6-10-5-4-8-2-3-9(7)8/h7-10H,2-6H2,1H3/t7-,8?,9-/m0/s1. The van der Waals surface area contributed by atoms with Gasteiger partial charge in [-0.2, -0.15) is 0 Å². The molecule has 0 bridgehead atoms. The first kappa shape index (κ1) is 6.66. The van der Waals surface area contributed by atoms with Crippen LogP contribution in [-0.2, 0) is 0 Å². The van der Waals surface area contributed by atoms with E-state index in [2.05, 4.69) is 12.2 Å². The average Bonchev–Trinajstić information content (AvgIpc) is 1.92. The van der Waals surface area contributed by atoms with Gasteiger partial charge in [-0.15, -0.1) is 0 Å². The predicted octanol–water partition coefficient (Wildman–Crippen LogP) is 1.64. The summed E-state index contributed by atoms with van der Waals surface area (Å²) >= 11 is 0. The highest BCUT2D eigenvalue weighted by molar-refractivity contribution is 4.87. The number of hydrogen-bond donors (Lipinski definition) is 1. The molecule has 0 amide bonds. The zero-order valence-corrected chi connectivity index (χ0v) is 6.77. The van der Waals surface area contributed by atoms with Gasteiger partial charge < -0.3 is 5.32 Å². The maximum atomic E-state index is 3.50. The van der Waals surface area contributed by atoms with Crippen molar-refractivity contribution < 1.29 is 0 Å². The number of fused-ring (bicyclic) bond motifs is 1. The minimum atomic E-state index is 0.946. The summed E-state index contributed by atoms with van der Waals surface area (Å²) in [7, 11) is 0. The third kappa shape index (κ3) is 0.968. The molecular weight excluding hydrogens is 122 g/mol. The van der Waals surface area contributed by atoms with Gasteiger partial charge in [-0.3, -0.25) is 0 Å². The Bertz CT molecular complexity index is 114. The Kier molecular flexibility index (Phi) is 1.69. The highest BCUT2D eigenvalue weighted by Crippen LogP contribution is 2.42. The van der Waals surface area contributed by atoms with E-state index in [0.717, 1.165) is 17.8 Å². The first-order valence-electron chi connectivity index (χ1n) is 4.58. The van der Waals surface area contributed by atoms with Gasteiger partial charge in [0.2, 0.25) is 0 Å². The quantitative estimate of drug-likeness (QED) is 0.538. The Labute approximate surface area is 63.2 Å². The van der Waals surface area contributed by atoms with Crippen molar-refractivity contribution >= 4 is 0 Å². The van der Waals surface area contributed by atoms with E-state index in [4.69, 9.17) is 0 Å². The minimum Gasteiger partial charge on any atom is -0.316 e. The predicted molar refractivity (Wildman–Crippen MR) is 42.9 cm³/mol. The monoisotopic (exact) mass is 139 g/mol. The molecule has 10 heavy (non-hydrogen) atoms. The molecule has 0 aromatic rings. The molecule has 2 aliphatic rings. The van der Waals surface area contributed by atoms with E-state index in [9.17, 15) is 0 Å². The van der Waals surface area contributed by atoms with Gasteiger partial charge in [0, 0.05) is 0 Å². The molecule has 3 atom stereocenters. The first-order chi connectivity index (χ1) is 4.88. The molecule has 0 aromatic carbocycles. The highest BCUT2D eigenvalue weighted by Gasteiger charge is 2.35. The van der Waals surface area contributed by atoms with Gasteiger partial charge in [0.15, 0.2) is 0 Å². The Balaban J connectivity index is 1.98. The first-order valence-corrected chi connectivity index (χ1v) is 4.58. The van der Waals surface area contributed by atoms with Crippen LogP contribution in [0, 0.1) is 17.8 Å². The average molecular weight is 139 g/mol. The summed E-state index contributed by atoms with van der Waals surface area (Å²) in [6.45, 7) is 4.93. The fraction of sp³-hybridized carbons (Fsp3) is 1.00. The molecule has 0 aromatic heterocycles. The Morgan fingerprint density at radius 2 is 2.10 bits per heavy atom. The molecule has 1 heteroatoms. The zero-order valence-electron chi connectivity index (χ0n) is 6.77. The van der Waals surface area contributed by atoms with Crippen LogP contribution in [0.5, 0.6) is 0 Å². The van der Waals surface area contributed by atoms with E-state index in [0.29, 0.717) is 0 Å². The fourth-order valence-electron chi connectivity index (χ4n) is 2.47. The number of hydrogen-bond acceptors (Lipinski definition) is 1. The lowest BCUT2D eigenvalue weighted by molar-refractivity contribution is 0.124. The summed E-state index contributed by atoms with van der Waals surface area (Å²) in [5.41, 5.74) is 0. The molecule has 58 valence electrons. The molecule has 1 nitrogen and oxygen atoms in total. The maximum absolute atomic E-state index is 3.50. The summed E-state index contributed by atoms with van der Waals surface area (Å²) in [5, 5.41) is 3.50. The topological polar surface area (TPSA) is 12.0 Å². The molecule has 1 heterocycles. The van der Waals surface area contributed by atoms with Crippen molar-refractivity contribution in [1.82, 2.24) is 5.32 Å². The summed E-state index contributed by atoms with van der Waals surface area (Å²) in [5.74, 6) is 3.11. The van der Waals surface area contributed by atoms with Gasteiger partial charge in [-0.05, 0) is 50.1 Å². The van der Waals surface area contributed by atoms with Crippen LogP contribution in [0.3, 0.4) is 0 Å². The third-order valence-electron chi connectivity index (χ3n) is 3.37. The van der Waals surface area contributed by atoms with Gasteiger partial charge in [0.1, 0.15) is 0 Å². The Morgan fingerprint density at radius 3 is 2.80 bits per heavy atom. The van der Waals surface area contributed by atoms with Crippen molar-refractivity contribution in [3.8, 4) is 0 Å². The fourth-order valence-corrected chi connectivity index (χ4v) is 2.47. The second kappa shape index (κ2) is 2.54. The van der Waals surface area contributed by atoms with Crippen LogP contribution in [0.15, 0.2) is 0 Å².